The summed E-state index contributed by atoms with van der Waals surface area (Å²) in [5, 5.41) is 12.0. The highest BCUT2D eigenvalue weighted by molar-refractivity contribution is 5.97. The van der Waals surface area contributed by atoms with Crippen molar-refractivity contribution in [2.45, 2.75) is 104 Å². The Morgan fingerprint density at radius 3 is 1.89 bits per heavy atom. The molecule has 0 aliphatic rings. The quantitative estimate of drug-likeness (QED) is 0.0379. The summed E-state index contributed by atoms with van der Waals surface area (Å²) >= 11 is 0. The minimum absolute atomic E-state index is 0.120. The summed E-state index contributed by atoms with van der Waals surface area (Å²) in [6, 6.07) is 17.8. The Balaban J connectivity index is 1.62. The van der Waals surface area contributed by atoms with Gasteiger partial charge in [0.05, 0.1) is 29.4 Å². The predicted molar refractivity (Wildman–Crippen MR) is 187 cm³/mol. The maximum absolute atomic E-state index is 13.2. The van der Waals surface area contributed by atoms with E-state index in [1.807, 2.05) is 57.4 Å². The number of carbonyl (C=O) groups excluding carboxylic acids is 1. The third-order valence-corrected chi connectivity index (χ3v) is 8.04. The molecule has 0 unspecified atom stereocenters. The monoisotopic (exact) mass is 632 g/mol. The van der Waals surface area contributed by atoms with Crippen molar-refractivity contribution in [1.29, 1.82) is 0 Å². The first kappa shape index (κ1) is 36.4. The molecule has 0 spiro atoms. The van der Waals surface area contributed by atoms with Crippen LogP contribution in [0.25, 0.3) is 11.1 Å². The van der Waals surface area contributed by atoms with Gasteiger partial charge in [-0.15, -0.1) is 0 Å². The number of hydrogen-bond acceptors (Lipinski definition) is 7. The highest BCUT2D eigenvalue weighted by Gasteiger charge is 2.27. The number of unbranched alkanes of at least 4 members (excludes halogenated alkanes) is 9. The molecule has 3 aromatic carbocycles. The number of esters is 1. The van der Waals surface area contributed by atoms with Gasteiger partial charge < -0.3 is 19.1 Å². The summed E-state index contributed by atoms with van der Waals surface area (Å²) in [6.45, 7) is 7.08. The first-order chi connectivity index (χ1) is 22.2. The molecule has 0 saturated heterocycles. The number of nitro benzene ring substituents is 1. The van der Waals surface area contributed by atoms with Crippen molar-refractivity contribution >= 4 is 17.3 Å². The van der Waals surface area contributed by atoms with Crippen molar-refractivity contribution in [3.8, 4) is 28.4 Å². The SMILES string of the molecule is CCCCCCCCCOc1ccc(-c2ccc(OC(=O)c3cc(N(C)C)c(O[C@@H](C)CCCCCC)cc3[N+](=O)[O-])cc2)cc1. The molecule has 0 saturated carbocycles. The van der Waals surface area contributed by atoms with Gasteiger partial charge in [-0.25, -0.2) is 4.79 Å². The van der Waals surface area contributed by atoms with E-state index in [1.54, 1.807) is 17.0 Å². The Labute approximate surface area is 275 Å². The van der Waals surface area contributed by atoms with Crippen LogP contribution in [0.15, 0.2) is 60.7 Å². The molecule has 0 N–H and O–H groups in total. The predicted octanol–water partition coefficient (Wildman–Crippen LogP) is 10.4. The van der Waals surface area contributed by atoms with Crippen molar-refractivity contribution in [3.05, 3.63) is 76.3 Å². The van der Waals surface area contributed by atoms with E-state index in [-0.39, 0.29) is 17.4 Å². The van der Waals surface area contributed by atoms with E-state index in [9.17, 15) is 14.9 Å². The molecule has 0 bridgehead atoms. The van der Waals surface area contributed by atoms with Crippen LogP contribution in [0.1, 0.15) is 108 Å². The van der Waals surface area contributed by atoms with Crippen molar-refractivity contribution < 1.29 is 23.9 Å². The molecule has 0 radical (unpaired) electrons. The van der Waals surface area contributed by atoms with Crippen LogP contribution in [0.3, 0.4) is 0 Å². The van der Waals surface area contributed by atoms with E-state index in [1.165, 1.54) is 57.1 Å². The third-order valence-electron chi connectivity index (χ3n) is 8.04. The maximum Gasteiger partial charge on any atom is 0.350 e. The van der Waals surface area contributed by atoms with E-state index in [0.29, 0.717) is 17.2 Å². The Morgan fingerprint density at radius 1 is 0.783 bits per heavy atom. The summed E-state index contributed by atoms with van der Waals surface area (Å²) in [5.74, 6) is 0.709. The molecule has 46 heavy (non-hydrogen) atoms. The van der Waals surface area contributed by atoms with Crippen LogP contribution in [0.5, 0.6) is 17.2 Å². The zero-order valence-electron chi connectivity index (χ0n) is 28.4. The molecule has 3 rings (SSSR count). The number of hydrogen-bond donors (Lipinski definition) is 0. The van der Waals surface area contributed by atoms with Crippen LogP contribution in [0.2, 0.25) is 0 Å². The minimum atomic E-state index is -0.802. The highest BCUT2D eigenvalue weighted by Crippen LogP contribution is 2.36. The lowest BCUT2D eigenvalue weighted by atomic mass is 10.1. The van der Waals surface area contributed by atoms with Crippen molar-refractivity contribution in [1.82, 2.24) is 0 Å². The van der Waals surface area contributed by atoms with Crippen LogP contribution in [-0.4, -0.2) is 37.7 Å². The van der Waals surface area contributed by atoms with Gasteiger partial charge in [-0.05, 0) is 67.6 Å². The van der Waals surface area contributed by atoms with Crippen LogP contribution < -0.4 is 19.1 Å². The average molecular weight is 633 g/mol. The zero-order chi connectivity index (χ0) is 33.3. The highest BCUT2D eigenvalue weighted by atomic mass is 16.6. The Kier molecular flexibility index (Phi) is 15.4. The molecule has 8 heteroatoms. The van der Waals surface area contributed by atoms with E-state index in [4.69, 9.17) is 14.2 Å². The second kappa shape index (κ2) is 19.4. The Morgan fingerprint density at radius 2 is 1.33 bits per heavy atom. The molecule has 0 fully saturated rings. The van der Waals surface area contributed by atoms with E-state index in [0.717, 1.165) is 55.6 Å². The van der Waals surface area contributed by atoms with Gasteiger partial charge in [0.15, 0.2) is 0 Å². The fraction of sp³-hybridized carbons (Fsp3) is 0.500. The third kappa shape index (κ3) is 11.7. The van der Waals surface area contributed by atoms with Crippen LogP contribution in [0, 0.1) is 10.1 Å². The fourth-order valence-corrected chi connectivity index (χ4v) is 5.32. The van der Waals surface area contributed by atoms with Gasteiger partial charge in [-0.1, -0.05) is 95.9 Å². The Bertz CT molecular complexity index is 1350. The molecule has 250 valence electrons. The summed E-state index contributed by atoms with van der Waals surface area (Å²) < 4.78 is 17.6. The van der Waals surface area contributed by atoms with E-state index >= 15 is 0 Å². The van der Waals surface area contributed by atoms with Crippen molar-refractivity contribution in [2.24, 2.45) is 0 Å². The number of carbonyl (C=O) groups is 1. The molecule has 0 heterocycles. The number of rotatable bonds is 21. The van der Waals surface area contributed by atoms with Crippen LogP contribution >= 0.6 is 0 Å². The number of benzene rings is 3. The number of nitro groups is 1. The molecule has 0 aliphatic heterocycles. The van der Waals surface area contributed by atoms with Crippen LogP contribution in [0.4, 0.5) is 11.4 Å². The molecule has 0 aromatic heterocycles. The topological polar surface area (TPSA) is 91.1 Å². The summed E-state index contributed by atoms with van der Waals surface area (Å²) in [7, 11) is 3.62. The summed E-state index contributed by atoms with van der Waals surface area (Å²) in [6.07, 6.45) is 13.9. The molecule has 3 aromatic rings. The van der Waals surface area contributed by atoms with E-state index < -0.39 is 10.9 Å². The van der Waals surface area contributed by atoms with Crippen LogP contribution in [-0.2, 0) is 0 Å². The lowest BCUT2D eigenvalue weighted by Crippen LogP contribution is -2.18. The van der Waals surface area contributed by atoms with Crippen molar-refractivity contribution in [3.63, 3.8) is 0 Å². The summed E-state index contributed by atoms with van der Waals surface area (Å²) in [4.78, 5) is 26.5. The second-order valence-corrected chi connectivity index (χ2v) is 12.2. The molecule has 8 nitrogen and oxygen atoms in total. The average Bonchev–Trinajstić information content (AvgIpc) is 3.04. The summed E-state index contributed by atoms with van der Waals surface area (Å²) in [5.41, 5.74) is 2.04. The first-order valence-electron chi connectivity index (χ1n) is 16.9. The fourth-order valence-electron chi connectivity index (χ4n) is 5.32. The molecule has 0 aliphatic carbocycles. The molecular weight excluding hydrogens is 580 g/mol. The van der Waals surface area contributed by atoms with Gasteiger partial charge >= 0.3 is 5.97 Å². The van der Waals surface area contributed by atoms with Gasteiger partial charge in [0.25, 0.3) is 5.69 Å². The van der Waals surface area contributed by atoms with Gasteiger partial charge in [-0.2, -0.15) is 0 Å². The number of ether oxygens (including phenoxy) is 3. The first-order valence-corrected chi connectivity index (χ1v) is 16.9. The number of nitrogens with zero attached hydrogens (tertiary/aromatic N) is 2. The smallest absolute Gasteiger partial charge is 0.350 e. The van der Waals surface area contributed by atoms with Gasteiger partial charge in [0, 0.05) is 14.1 Å². The normalized spacial score (nSPS) is 11.6. The van der Waals surface area contributed by atoms with Gasteiger partial charge in [0.2, 0.25) is 0 Å². The zero-order valence-corrected chi connectivity index (χ0v) is 28.4. The maximum atomic E-state index is 13.2. The molecule has 0 amide bonds. The van der Waals surface area contributed by atoms with Gasteiger partial charge in [0.1, 0.15) is 22.8 Å². The lowest BCUT2D eigenvalue weighted by Gasteiger charge is -2.22. The lowest BCUT2D eigenvalue weighted by molar-refractivity contribution is -0.385. The van der Waals surface area contributed by atoms with Crippen molar-refractivity contribution in [2.75, 3.05) is 25.6 Å². The largest absolute Gasteiger partial charge is 0.494 e. The number of anilines is 1. The molecule has 1 atom stereocenters. The standard InChI is InChI=1S/C38H52N2O6/c1-6-8-10-12-13-14-16-26-44-32-22-18-30(19-23-32)31-20-24-33(25-21-31)46-38(41)34-27-36(39(4)5)37(28-35(34)40(42)43)45-29(3)17-15-11-9-7-2/h18-25,27-29H,6-17,26H2,1-5H3/t29-/m0/s1. The minimum Gasteiger partial charge on any atom is -0.494 e. The second-order valence-electron chi connectivity index (χ2n) is 12.2. The van der Waals surface area contributed by atoms with E-state index in [2.05, 4.69) is 13.8 Å². The van der Waals surface area contributed by atoms with Gasteiger partial charge in [-0.3, -0.25) is 10.1 Å². The Hall–Kier alpha value is -4.07. The molecular formula is C38H52N2O6.